The maximum Gasteiger partial charge on any atom is 0.194 e. The first kappa shape index (κ1) is 19.8. The van der Waals surface area contributed by atoms with E-state index in [1.165, 1.54) is 0 Å². The SMILES string of the molecule is CNCC=CN=C1C=C2C(=O)C3=CCC(=NC=CCNC)C=C3C(=O)C2=CC1. The molecule has 0 unspecified atom stereocenters. The molecule has 1 fully saturated rings. The molecule has 0 atom stereocenters. The third-order valence-corrected chi connectivity index (χ3v) is 4.55. The van der Waals surface area contributed by atoms with E-state index in [1.54, 1.807) is 36.7 Å². The van der Waals surface area contributed by atoms with Gasteiger partial charge in [0.2, 0.25) is 0 Å². The molecule has 0 radical (unpaired) electrons. The zero-order valence-corrected chi connectivity index (χ0v) is 16.2. The molecule has 3 aliphatic carbocycles. The van der Waals surface area contributed by atoms with E-state index in [0.717, 1.165) is 24.5 Å². The Kier molecular flexibility index (Phi) is 6.57. The number of hydrogen-bond donors (Lipinski definition) is 2. The van der Waals surface area contributed by atoms with Gasteiger partial charge in [-0.1, -0.05) is 24.3 Å². The lowest BCUT2D eigenvalue weighted by molar-refractivity contribution is -0.117. The van der Waals surface area contributed by atoms with E-state index in [4.69, 9.17) is 0 Å². The van der Waals surface area contributed by atoms with Crippen molar-refractivity contribution >= 4 is 23.0 Å². The van der Waals surface area contributed by atoms with Gasteiger partial charge < -0.3 is 10.6 Å². The van der Waals surface area contributed by atoms with Crippen molar-refractivity contribution in [2.75, 3.05) is 27.2 Å². The second kappa shape index (κ2) is 9.30. The maximum atomic E-state index is 13.0. The van der Waals surface area contributed by atoms with Gasteiger partial charge in [0.05, 0.1) is 0 Å². The summed E-state index contributed by atoms with van der Waals surface area (Å²) in [7, 11) is 3.72. The number of ketones is 2. The van der Waals surface area contributed by atoms with E-state index in [2.05, 4.69) is 20.6 Å². The van der Waals surface area contributed by atoms with Crippen LogP contribution in [0.5, 0.6) is 0 Å². The molecule has 0 aromatic carbocycles. The predicted molar refractivity (Wildman–Crippen MR) is 113 cm³/mol. The Hall–Kier alpha value is -2.96. The number of hydrogen-bond acceptors (Lipinski definition) is 6. The molecule has 0 aromatic rings. The van der Waals surface area contributed by atoms with E-state index >= 15 is 0 Å². The van der Waals surface area contributed by atoms with Gasteiger partial charge in [0.15, 0.2) is 11.6 Å². The van der Waals surface area contributed by atoms with Crippen molar-refractivity contribution < 1.29 is 9.59 Å². The Bertz CT molecular complexity index is 848. The molecule has 0 aromatic heterocycles. The van der Waals surface area contributed by atoms with Crippen LogP contribution in [0, 0.1) is 0 Å². The Morgan fingerprint density at radius 2 is 1.21 bits per heavy atom. The van der Waals surface area contributed by atoms with E-state index in [0.29, 0.717) is 35.1 Å². The molecule has 0 spiro atoms. The van der Waals surface area contributed by atoms with Gasteiger partial charge in [-0.3, -0.25) is 19.6 Å². The number of rotatable bonds is 6. The largest absolute Gasteiger partial charge is 0.316 e. The van der Waals surface area contributed by atoms with Crippen LogP contribution in [0.4, 0.5) is 0 Å². The predicted octanol–water partition coefficient (Wildman–Crippen LogP) is 2.00. The van der Waals surface area contributed by atoms with Crippen molar-refractivity contribution in [3.05, 3.63) is 71.1 Å². The number of nitrogens with one attached hydrogen (secondary N) is 2. The van der Waals surface area contributed by atoms with Gasteiger partial charge in [0.1, 0.15) is 0 Å². The fourth-order valence-corrected chi connectivity index (χ4v) is 3.15. The number of carbonyl (C=O) groups excluding carboxylic acids is 2. The number of likely N-dealkylation sites (N-methyl/N-ethyl adjacent to an activating group) is 2. The van der Waals surface area contributed by atoms with Gasteiger partial charge in [-0.25, -0.2) is 0 Å². The van der Waals surface area contributed by atoms with Gasteiger partial charge >= 0.3 is 0 Å². The third kappa shape index (κ3) is 4.30. The molecular formula is C22H24N4O2. The standard InChI is InChI=1S/C22H24N4O2/c1-23-9-3-11-25-15-5-7-17-19(13-15)21(27)18-8-6-16(14-20(18)22(17)28)26-12-4-10-24-2/h3-4,7-8,11-14,23-24H,5-6,9-10H2,1-2H3. The van der Waals surface area contributed by atoms with Gasteiger partial charge in [0, 0.05) is 72.0 Å². The monoisotopic (exact) mass is 376 g/mol. The van der Waals surface area contributed by atoms with Gasteiger partial charge in [-0.05, 0) is 26.2 Å². The molecule has 28 heavy (non-hydrogen) atoms. The number of allylic oxidation sites excluding steroid dienone is 8. The molecule has 6 heteroatoms. The highest BCUT2D eigenvalue weighted by Crippen LogP contribution is 2.35. The van der Waals surface area contributed by atoms with Crippen molar-refractivity contribution in [3.63, 3.8) is 0 Å². The molecule has 6 nitrogen and oxygen atoms in total. The number of aliphatic imine (C=N–C) groups is 2. The van der Waals surface area contributed by atoms with Gasteiger partial charge in [0.25, 0.3) is 0 Å². The van der Waals surface area contributed by atoms with Gasteiger partial charge in [-0.2, -0.15) is 0 Å². The first-order chi connectivity index (χ1) is 13.7. The number of Topliss-reactive ketones (excluding diaryl/α,β-unsaturated/α-hetero) is 2. The van der Waals surface area contributed by atoms with Crippen LogP contribution in [0.25, 0.3) is 0 Å². The fraction of sp³-hybridized carbons (Fsp3) is 0.273. The van der Waals surface area contributed by atoms with Crippen LogP contribution in [0.15, 0.2) is 81.1 Å². The molecular weight excluding hydrogens is 352 g/mol. The Morgan fingerprint density at radius 1 is 0.786 bits per heavy atom. The summed E-state index contributed by atoms with van der Waals surface area (Å²) >= 11 is 0. The summed E-state index contributed by atoms with van der Waals surface area (Å²) in [5, 5.41) is 6.01. The smallest absolute Gasteiger partial charge is 0.194 e. The summed E-state index contributed by atoms with van der Waals surface area (Å²) in [6.07, 6.45) is 15.4. The fourth-order valence-electron chi connectivity index (χ4n) is 3.15. The number of fused-ring (bicyclic) bond motifs is 2. The third-order valence-electron chi connectivity index (χ3n) is 4.55. The number of nitrogens with zero attached hydrogens (tertiary/aromatic N) is 2. The van der Waals surface area contributed by atoms with Crippen LogP contribution in [-0.4, -0.2) is 50.2 Å². The van der Waals surface area contributed by atoms with Crippen LogP contribution in [0.1, 0.15) is 12.8 Å². The van der Waals surface area contributed by atoms with E-state index in [-0.39, 0.29) is 11.6 Å². The molecule has 3 rings (SSSR count). The van der Waals surface area contributed by atoms with Crippen molar-refractivity contribution in [1.82, 2.24) is 10.6 Å². The topological polar surface area (TPSA) is 82.9 Å². The second-order valence-electron chi connectivity index (χ2n) is 6.54. The van der Waals surface area contributed by atoms with Crippen LogP contribution < -0.4 is 10.6 Å². The zero-order valence-electron chi connectivity index (χ0n) is 16.2. The minimum atomic E-state index is -0.117. The van der Waals surface area contributed by atoms with Crippen molar-refractivity contribution in [1.29, 1.82) is 0 Å². The summed E-state index contributed by atoms with van der Waals surface area (Å²) in [5.41, 5.74) is 3.36. The number of carbonyl (C=O) groups is 2. The van der Waals surface area contributed by atoms with Crippen molar-refractivity contribution in [2.45, 2.75) is 12.8 Å². The molecule has 0 aliphatic heterocycles. The van der Waals surface area contributed by atoms with Crippen LogP contribution in [0.3, 0.4) is 0 Å². The minimum absolute atomic E-state index is 0.117. The lowest BCUT2D eigenvalue weighted by Gasteiger charge is -2.26. The Labute approximate surface area is 164 Å². The van der Waals surface area contributed by atoms with Crippen molar-refractivity contribution in [2.24, 2.45) is 9.98 Å². The lowest BCUT2D eigenvalue weighted by atomic mass is 9.75. The molecule has 0 heterocycles. The van der Waals surface area contributed by atoms with Gasteiger partial charge in [-0.15, -0.1) is 0 Å². The quantitative estimate of drug-likeness (QED) is 0.743. The van der Waals surface area contributed by atoms with Crippen LogP contribution in [-0.2, 0) is 9.59 Å². The lowest BCUT2D eigenvalue weighted by Crippen LogP contribution is -2.29. The first-order valence-corrected chi connectivity index (χ1v) is 9.32. The van der Waals surface area contributed by atoms with Crippen LogP contribution in [0.2, 0.25) is 0 Å². The average molecular weight is 376 g/mol. The average Bonchev–Trinajstić information content (AvgIpc) is 2.72. The highest BCUT2D eigenvalue weighted by Gasteiger charge is 2.37. The summed E-state index contributed by atoms with van der Waals surface area (Å²) in [6, 6.07) is 0. The highest BCUT2D eigenvalue weighted by molar-refractivity contribution is 6.37. The summed E-state index contributed by atoms with van der Waals surface area (Å²) in [5.74, 6) is -0.234. The molecule has 0 saturated heterocycles. The molecule has 144 valence electrons. The molecule has 0 amide bonds. The highest BCUT2D eigenvalue weighted by atomic mass is 16.1. The van der Waals surface area contributed by atoms with Crippen LogP contribution >= 0.6 is 0 Å². The summed E-state index contributed by atoms with van der Waals surface area (Å²) in [6.45, 7) is 1.45. The summed E-state index contributed by atoms with van der Waals surface area (Å²) in [4.78, 5) is 34.7. The zero-order chi connectivity index (χ0) is 19.9. The molecule has 3 aliphatic rings. The summed E-state index contributed by atoms with van der Waals surface area (Å²) < 4.78 is 0. The normalized spacial score (nSPS) is 22.4. The van der Waals surface area contributed by atoms with E-state index in [1.807, 2.05) is 26.2 Å². The maximum absolute atomic E-state index is 13.0. The minimum Gasteiger partial charge on any atom is -0.316 e. The first-order valence-electron chi connectivity index (χ1n) is 9.32. The Balaban J connectivity index is 1.85. The van der Waals surface area contributed by atoms with E-state index in [9.17, 15) is 9.59 Å². The molecule has 1 saturated carbocycles. The Morgan fingerprint density at radius 3 is 1.61 bits per heavy atom. The second-order valence-corrected chi connectivity index (χ2v) is 6.54. The molecule has 2 N–H and O–H groups in total. The van der Waals surface area contributed by atoms with Crippen molar-refractivity contribution in [3.8, 4) is 0 Å². The molecule has 0 bridgehead atoms. The van der Waals surface area contributed by atoms with E-state index < -0.39 is 0 Å².